The molecule has 0 N–H and O–H groups in total. The minimum Gasteiger partial charge on any atom is -0.370 e. The van der Waals surface area contributed by atoms with E-state index in [-0.39, 0.29) is 0 Å². The first-order chi connectivity index (χ1) is 6.83. The molecule has 1 aromatic rings. The van der Waals surface area contributed by atoms with Crippen molar-refractivity contribution in [2.75, 3.05) is 18.0 Å². The molecule has 0 heterocycles. The topological polar surface area (TPSA) is 15.6 Å². The molecule has 14 heavy (non-hydrogen) atoms. The Morgan fingerprint density at radius 1 is 1.29 bits per heavy atom. The zero-order chi connectivity index (χ0) is 10.4. The van der Waals surface area contributed by atoms with Crippen molar-refractivity contribution in [3.05, 3.63) is 24.3 Å². The number of hydrogen-bond donors (Lipinski definition) is 0. The molecule has 0 aliphatic rings. The maximum absolute atomic E-state index is 4.62. The van der Waals surface area contributed by atoms with Crippen LogP contribution in [0.2, 0.25) is 0 Å². The summed E-state index contributed by atoms with van der Waals surface area (Å²) in [6.45, 7) is 6.20. The molecule has 0 saturated heterocycles. The second-order valence-electron chi connectivity index (χ2n) is 2.86. The molecule has 3 heteroatoms. The van der Waals surface area contributed by atoms with E-state index in [1.165, 1.54) is 0 Å². The lowest BCUT2D eigenvalue weighted by Crippen LogP contribution is -2.21. The number of thiocarbonyl (C=S) groups is 1. The normalized spacial score (nSPS) is 9.29. The van der Waals surface area contributed by atoms with E-state index in [1.54, 1.807) is 0 Å². The Morgan fingerprint density at radius 3 is 2.50 bits per heavy atom. The minimum absolute atomic E-state index is 0.895. The van der Waals surface area contributed by atoms with Crippen LogP contribution in [0.4, 0.5) is 11.4 Å². The van der Waals surface area contributed by atoms with E-state index in [1.807, 2.05) is 18.2 Å². The van der Waals surface area contributed by atoms with E-state index >= 15 is 0 Å². The van der Waals surface area contributed by atoms with Crippen LogP contribution in [-0.4, -0.2) is 18.3 Å². The van der Waals surface area contributed by atoms with Crippen molar-refractivity contribution in [3.8, 4) is 0 Å². The molecule has 2 nitrogen and oxygen atoms in total. The molecule has 0 aliphatic heterocycles. The van der Waals surface area contributed by atoms with Crippen LogP contribution in [0.5, 0.6) is 0 Å². The van der Waals surface area contributed by atoms with Crippen LogP contribution >= 0.6 is 12.2 Å². The highest BCUT2D eigenvalue weighted by Gasteiger charge is 2.05. The first kappa shape index (κ1) is 10.9. The van der Waals surface area contributed by atoms with Gasteiger partial charge in [0.25, 0.3) is 0 Å². The van der Waals surface area contributed by atoms with Crippen molar-refractivity contribution in [2.24, 2.45) is 4.99 Å². The van der Waals surface area contributed by atoms with Gasteiger partial charge in [-0.1, -0.05) is 12.1 Å². The van der Waals surface area contributed by atoms with Crippen molar-refractivity contribution in [3.63, 3.8) is 0 Å². The van der Waals surface area contributed by atoms with E-state index in [4.69, 9.17) is 0 Å². The highest BCUT2D eigenvalue weighted by Crippen LogP contribution is 2.27. The van der Waals surface area contributed by atoms with Crippen molar-refractivity contribution >= 4 is 28.8 Å². The molecule has 0 bridgehead atoms. The molecule has 0 unspecified atom stereocenters. The SMILES string of the molecule is CCN(CC)c1ccccc1N=C=S. The quantitative estimate of drug-likeness (QED) is 0.555. The van der Waals surface area contributed by atoms with E-state index in [9.17, 15) is 0 Å². The van der Waals surface area contributed by atoms with Crippen LogP contribution < -0.4 is 4.90 Å². The van der Waals surface area contributed by atoms with Gasteiger partial charge in [0.1, 0.15) is 0 Å². The number of anilines is 1. The van der Waals surface area contributed by atoms with Gasteiger partial charge in [-0.2, -0.15) is 4.99 Å². The van der Waals surface area contributed by atoms with Gasteiger partial charge in [0, 0.05) is 13.1 Å². The fourth-order valence-electron chi connectivity index (χ4n) is 1.44. The predicted octanol–water partition coefficient (Wildman–Crippen LogP) is 3.27. The molecule has 74 valence electrons. The average Bonchev–Trinajstić information content (AvgIpc) is 2.23. The maximum Gasteiger partial charge on any atom is 0.0972 e. The van der Waals surface area contributed by atoms with Gasteiger partial charge < -0.3 is 4.90 Å². The standard InChI is InChI=1S/C11H14N2S/c1-3-13(4-2)11-8-6-5-7-10(11)12-9-14/h5-8H,3-4H2,1-2H3. The lowest BCUT2D eigenvalue weighted by Gasteiger charge is -2.22. The predicted molar refractivity (Wildman–Crippen MR) is 64.7 cm³/mol. The Kier molecular flexibility index (Phi) is 4.30. The van der Waals surface area contributed by atoms with Gasteiger partial charge in [-0.25, -0.2) is 0 Å². The molecule has 0 saturated carbocycles. The van der Waals surface area contributed by atoms with Crippen LogP contribution in [-0.2, 0) is 0 Å². The Bertz CT molecular complexity index is 339. The Hall–Kier alpha value is -1.18. The summed E-state index contributed by atoms with van der Waals surface area (Å²) >= 11 is 4.62. The fourth-order valence-corrected chi connectivity index (χ4v) is 1.54. The van der Waals surface area contributed by atoms with Crippen LogP contribution in [0.25, 0.3) is 0 Å². The van der Waals surface area contributed by atoms with Gasteiger partial charge in [-0.05, 0) is 38.2 Å². The van der Waals surface area contributed by atoms with Gasteiger partial charge in [-0.15, -0.1) is 0 Å². The molecule has 0 aliphatic carbocycles. The average molecular weight is 206 g/mol. The number of nitrogens with zero attached hydrogens (tertiary/aromatic N) is 2. The summed E-state index contributed by atoms with van der Waals surface area (Å²) in [7, 11) is 0. The summed E-state index contributed by atoms with van der Waals surface area (Å²) in [4.78, 5) is 6.29. The zero-order valence-corrected chi connectivity index (χ0v) is 9.34. The van der Waals surface area contributed by atoms with Gasteiger partial charge in [0.05, 0.1) is 16.5 Å². The summed E-state index contributed by atoms with van der Waals surface area (Å²) < 4.78 is 0. The van der Waals surface area contributed by atoms with Gasteiger partial charge in [-0.3, -0.25) is 0 Å². The third-order valence-corrected chi connectivity index (χ3v) is 2.24. The lowest BCUT2D eigenvalue weighted by molar-refractivity contribution is 0.866. The molecule has 0 aromatic heterocycles. The number of rotatable bonds is 4. The summed E-state index contributed by atoms with van der Waals surface area (Å²) in [6, 6.07) is 7.97. The number of isothiocyanates is 1. The molecule has 0 radical (unpaired) electrons. The minimum atomic E-state index is 0.895. The molecular weight excluding hydrogens is 192 g/mol. The van der Waals surface area contributed by atoms with Crippen molar-refractivity contribution in [1.29, 1.82) is 0 Å². The van der Waals surface area contributed by atoms with E-state index in [0.29, 0.717) is 0 Å². The lowest BCUT2D eigenvalue weighted by atomic mass is 10.2. The van der Waals surface area contributed by atoms with Crippen LogP contribution in [0.1, 0.15) is 13.8 Å². The fraction of sp³-hybridized carbons (Fsp3) is 0.364. The number of para-hydroxylation sites is 2. The van der Waals surface area contributed by atoms with Crippen molar-refractivity contribution in [2.45, 2.75) is 13.8 Å². The van der Waals surface area contributed by atoms with Crippen molar-refractivity contribution in [1.82, 2.24) is 0 Å². The summed E-state index contributed by atoms with van der Waals surface area (Å²) in [5, 5.41) is 2.41. The summed E-state index contributed by atoms with van der Waals surface area (Å²) in [6.07, 6.45) is 0. The Labute approximate surface area is 90.3 Å². The van der Waals surface area contributed by atoms with Crippen LogP contribution in [0.3, 0.4) is 0 Å². The molecule has 1 rings (SSSR count). The van der Waals surface area contributed by atoms with E-state index < -0.39 is 0 Å². The molecule has 0 spiro atoms. The highest BCUT2D eigenvalue weighted by molar-refractivity contribution is 7.78. The third-order valence-electron chi connectivity index (χ3n) is 2.15. The van der Waals surface area contributed by atoms with Gasteiger partial charge in [0.2, 0.25) is 0 Å². The number of aliphatic imine (C=N–C) groups is 1. The monoisotopic (exact) mass is 206 g/mol. The first-order valence-corrected chi connectivity index (χ1v) is 5.16. The van der Waals surface area contributed by atoms with Gasteiger partial charge >= 0.3 is 0 Å². The van der Waals surface area contributed by atoms with Crippen molar-refractivity contribution < 1.29 is 0 Å². The Morgan fingerprint density at radius 2 is 1.93 bits per heavy atom. The second-order valence-corrected chi connectivity index (χ2v) is 3.05. The zero-order valence-electron chi connectivity index (χ0n) is 8.53. The molecule has 0 fully saturated rings. The van der Waals surface area contributed by atoms with Crippen LogP contribution in [0.15, 0.2) is 29.3 Å². The van der Waals surface area contributed by atoms with E-state index in [2.05, 4.69) is 47.2 Å². The largest absolute Gasteiger partial charge is 0.370 e. The maximum atomic E-state index is 4.62. The molecule has 1 aromatic carbocycles. The third kappa shape index (κ3) is 2.41. The number of hydrogen-bond acceptors (Lipinski definition) is 3. The van der Waals surface area contributed by atoms with E-state index in [0.717, 1.165) is 24.5 Å². The molecule has 0 amide bonds. The number of benzene rings is 1. The van der Waals surface area contributed by atoms with Gasteiger partial charge in [0.15, 0.2) is 0 Å². The Balaban J connectivity index is 3.10. The van der Waals surface area contributed by atoms with Crippen LogP contribution in [0, 0.1) is 0 Å². The summed E-state index contributed by atoms with van der Waals surface area (Å²) in [5.41, 5.74) is 2.01. The second kappa shape index (κ2) is 5.53. The smallest absolute Gasteiger partial charge is 0.0972 e. The first-order valence-electron chi connectivity index (χ1n) is 4.75. The highest BCUT2D eigenvalue weighted by atomic mass is 32.1. The molecule has 0 atom stereocenters. The summed E-state index contributed by atoms with van der Waals surface area (Å²) in [5.74, 6) is 0. The molecular formula is C11H14N2S.